The van der Waals surface area contributed by atoms with Crippen LogP contribution >= 0.6 is 0 Å². The van der Waals surface area contributed by atoms with Gasteiger partial charge in [-0.25, -0.2) is 13.1 Å². The molecule has 26 heavy (non-hydrogen) atoms. The first kappa shape index (κ1) is 16.6. The molecule has 4 rings (SSSR count). The molecule has 10 heteroatoms. The van der Waals surface area contributed by atoms with Gasteiger partial charge in [0, 0.05) is 51.0 Å². The topological polar surface area (TPSA) is 97.1 Å². The van der Waals surface area contributed by atoms with Crippen molar-refractivity contribution < 1.29 is 8.42 Å². The van der Waals surface area contributed by atoms with Crippen LogP contribution in [0.1, 0.15) is 0 Å². The average molecular weight is 371 g/mol. The third kappa shape index (κ3) is 3.16. The second-order valence-electron chi connectivity index (χ2n) is 5.78. The Balaban J connectivity index is 1.44. The number of nitrogens with zero attached hydrogens (tertiary/aromatic N) is 7. The lowest BCUT2D eigenvalue weighted by molar-refractivity contribution is 0.383. The van der Waals surface area contributed by atoms with E-state index in [4.69, 9.17) is 0 Å². The van der Waals surface area contributed by atoms with E-state index < -0.39 is 10.0 Å². The Morgan fingerprint density at radius 2 is 1.65 bits per heavy atom. The van der Waals surface area contributed by atoms with E-state index in [2.05, 4.69) is 20.3 Å². The predicted molar refractivity (Wildman–Crippen MR) is 94.4 cm³/mol. The molecule has 1 aliphatic rings. The molecule has 1 fully saturated rings. The second kappa shape index (κ2) is 6.81. The van der Waals surface area contributed by atoms with E-state index >= 15 is 0 Å². The van der Waals surface area contributed by atoms with Crippen molar-refractivity contribution in [1.82, 2.24) is 29.3 Å². The third-order valence-electron chi connectivity index (χ3n) is 4.21. The van der Waals surface area contributed by atoms with Gasteiger partial charge < -0.3 is 4.90 Å². The average Bonchev–Trinajstić information content (AvgIpc) is 3.24. The lowest BCUT2D eigenvalue weighted by atomic mass is 10.3. The molecule has 0 spiro atoms. The Hall–Kier alpha value is -2.85. The highest BCUT2D eigenvalue weighted by atomic mass is 32.2. The largest absolute Gasteiger partial charge is 0.352 e. The molecule has 0 unspecified atom stereocenters. The molecule has 1 saturated heterocycles. The summed E-state index contributed by atoms with van der Waals surface area (Å²) in [7, 11) is -3.51. The molecule has 4 heterocycles. The zero-order valence-electron chi connectivity index (χ0n) is 13.9. The fourth-order valence-electron chi connectivity index (χ4n) is 2.82. The molecule has 0 aliphatic carbocycles. The molecule has 0 N–H and O–H groups in total. The first-order valence-electron chi connectivity index (χ1n) is 8.13. The molecule has 0 atom stereocenters. The van der Waals surface area contributed by atoms with E-state index in [9.17, 15) is 8.42 Å². The fraction of sp³-hybridized carbons (Fsp3) is 0.250. The molecule has 0 amide bonds. The summed E-state index contributed by atoms with van der Waals surface area (Å²) in [4.78, 5) is 6.14. The van der Waals surface area contributed by atoms with Crippen molar-refractivity contribution in [2.24, 2.45) is 0 Å². The summed E-state index contributed by atoms with van der Waals surface area (Å²) in [5.74, 6) is 1.36. The monoisotopic (exact) mass is 371 g/mol. The molecule has 0 bridgehead atoms. The summed E-state index contributed by atoms with van der Waals surface area (Å²) in [6, 6.07) is 8.72. The van der Waals surface area contributed by atoms with Crippen LogP contribution in [0.15, 0.2) is 60.0 Å². The van der Waals surface area contributed by atoms with Crippen molar-refractivity contribution in [3.8, 4) is 5.82 Å². The smallest absolute Gasteiger partial charge is 0.244 e. The lowest BCUT2D eigenvalue weighted by Crippen LogP contribution is -2.49. The number of piperazine rings is 1. The van der Waals surface area contributed by atoms with E-state index in [1.807, 2.05) is 23.1 Å². The van der Waals surface area contributed by atoms with Gasteiger partial charge in [-0.2, -0.15) is 9.40 Å². The van der Waals surface area contributed by atoms with Gasteiger partial charge in [-0.05, 0) is 30.3 Å². The van der Waals surface area contributed by atoms with Gasteiger partial charge in [-0.15, -0.1) is 10.2 Å². The van der Waals surface area contributed by atoms with E-state index in [0.29, 0.717) is 32.0 Å². The molecular weight excluding hydrogens is 354 g/mol. The molecule has 1 aliphatic heterocycles. The minimum absolute atomic E-state index is 0.219. The van der Waals surface area contributed by atoms with Crippen molar-refractivity contribution in [1.29, 1.82) is 0 Å². The molecular formula is C16H17N7O2S. The first-order valence-corrected chi connectivity index (χ1v) is 9.57. The number of anilines is 1. The van der Waals surface area contributed by atoms with Gasteiger partial charge in [0.15, 0.2) is 11.6 Å². The third-order valence-corrected chi connectivity index (χ3v) is 6.09. The van der Waals surface area contributed by atoms with Gasteiger partial charge in [0.1, 0.15) is 4.90 Å². The summed E-state index contributed by atoms with van der Waals surface area (Å²) in [6.07, 6.45) is 6.41. The van der Waals surface area contributed by atoms with Gasteiger partial charge in [0.05, 0.1) is 0 Å². The van der Waals surface area contributed by atoms with E-state index in [-0.39, 0.29) is 4.90 Å². The Morgan fingerprint density at radius 1 is 0.885 bits per heavy atom. The summed E-state index contributed by atoms with van der Waals surface area (Å²) < 4.78 is 28.4. The molecule has 0 aromatic carbocycles. The maximum absolute atomic E-state index is 12.6. The molecule has 9 nitrogen and oxygen atoms in total. The summed E-state index contributed by atoms with van der Waals surface area (Å²) in [6.45, 7) is 1.88. The second-order valence-corrected chi connectivity index (χ2v) is 7.72. The Bertz CT molecular complexity index is 952. The van der Waals surface area contributed by atoms with Crippen LogP contribution in [0.4, 0.5) is 5.82 Å². The van der Waals surface area contributed by atoms with Gasteiger partial charge in [0.25, 0.3) is 0 Å². The van der Waals surface area contributed by atoms with E-state index in [1.165, 1.54) is 10.5 Å². The number of pyridine rings is 1. The maximum atomic E-state index is 12.6. The number of rotatable bonds is 4. The standard InChI is InChI=1S/C16H17N7O2S/c24-26(25,14-3-1-6-17-13-14)22-11-9-21(10-12-22)15-4-5-16(20-19-15)23-8-2-7-18-23/h1-8,13H,9-12H2. The van der Waals surface area contributed by atoms with Crippen LogP contribution in [0.5, 0.6) is 0 Å². The zero-order valence-corrected chi connectivity index (χ0v) is 14.7. The fourth-order valence-corrected chi connectivity index (χ4v) is 4.21. The highest BCUT2D eigenvalue weighted by Crippen LogP contribution is 2.19. The molecule has 0 saturated carbocycles. The van der Waals surface area contributed by atoms with Crippen LogP contribution < -0.4 is 4.90 Å². The maximum Gasteiger partial charge on any atom is 0.244 e. The predicted octanol–water partition coefficient (Wildman–Crippen LogP) is 0.568. The van der Waals surface area contributed by atoms with Crippen molar-refractivity contribution >= 4 is 15.8 Å². The van der Waals surface area contributed by atoms with Crippen LogP contribution in [-0.4, -0.2) is 63.9 Å². The van der Waals surface area contributed by atoms with Crippen LogP contribution in [0.3, 0.4) is 0 Å². The molecule has 0 radical (unpaired) electrons. The van der Waals surface area contributed by atoms with E-state index in [0.717, 1.165) is 5.82 Å². The minimum atomic E-state index is -3.51. The van der Waals surface area contributed by atoms with Crippen LogP contribution in [0.2, 0.25) is 0 Å². The quantitative estimate of drug-likeness (QED) is 0.661. The Labute approximate surface area is 151 Å². The Morgan fingerprint density at radius 3 is 2.27 bits per heavy atom. The summed E-state index contributed by atoms with van der Waals surface area (Å²) in [5.41, 5.74) is 0. The SMILES string of the molecule is O=S(=O)(c1cccnc1)N1CCN(c2ccc(-n3cccn3)nn2)CC1. The van der Waals surface area contributed by atoms with Crippen molar-refractivity contribution in [3.05, 3.63) is 55.1 Å². The number of sulfonamides is 1. The number of hydrogen-bond acceptors (Lipinski definition) is 7. The van der Waals surface area contributed by atoms with Crippen molar-refractivity contribution in [2.45, 2.75) is 4.90 Å². The number of aromatic nitrogens is 5. The highest BCUT2D eigenvalue weighted by molar-refractivity contribution is 7.89. The molecule has 3 aromatic rings. The Kier molecular flexibility index (Phi) is 4.35. The minimum Gasteiger partial charge on any atom is -0.352 e. The number of hydrogen-bond donors (Lipinski definition) is 0. The summed E-state index contributed by atoms with van der Waals surface area (Å²) >= 11 is 0. The van der Waals surface area contributed by atoms with E-state index in [1.54, 1.807) is 35.4 Å². The zero-order chi connectivity index (χ0) is 18.0. The van der Waals surface area contributed by atoms with Crippen LogP contribution in [0, 0.1) is 0 Å². The summed E-state index contributed by atoms with van der Waals surface area (Å²) in [5, 5.41) is 12.5. The van der Waals surface area contributed by atoms with Gasteiger partial charge in [-0.3, -0.25) is 4.98 Å². The lowest BCUT2D eigenvalue weighted by Gasteiger charge is -2.34. The van der Waals surface area contributed by atoms with Crippen molar-refractivity contribution in [3.63, 3.8) is 0 Å². The van der Waals surface area contributed by atoms with Crippen molar-refractivity contribution in [2.75, 3.05) is 31.1 Å². The normalized spacial score (nSPS) is 15.9. The molecule has 3 aromatic heterocycles. The van der Waals surface area contributed by atoms with Gasteiger partial charge in [-0.1, -0.05) is 0 Å². The first-order chi connectivity index (χ1) is 12.6. The van der Waals surface area contributed by atoms with Crippen LogP contribution in [-0.2, 0) is 10.0 Å². The molecule has 134 valence electrons. The van der Waals surface area contributed by atoms with Crippen LogP contribution in [0.25, 0.3) is 5.82 Å². The highest BCUT2D eigenvalue weighted by Gasteiger charge is 2.29. The van der Waals surface area contributed by atoms with Gasteiger partial charge >= 0.3 is 0 Å². The van der Waals surface area contributed by atoms with Gasteiger partial charge in [0.2, 0.25) is 10.0 Å².